The third-order valence-electron chi connectivity index (χ3n) is 4.11. The lowest BCUT2D eigenvalue weighted by molar-refractivity contribution is -0.152. The Balaban J connectivity index is 1.82. The van der Waals surface area contributed by atoms with Crippen LogP contribution in [0, 0.1) is 6.92 Å². The summed E-state index contributed by atoms with van der Waals surface area (Å²) in [6.07, 6.45) is 0. The predicted molar refractivity (Wildman–Crippen MR) is 93.5 cm³/mol. The number of hydrogen-bond acceptors (Lipinski definition) is 5. The van der Waals surface area contributed by atoms with Crippen LogP contribution in [0.2, 0.25) is 5.02 Å². The summed E-state index contributed by atoms with van der Waals surface area (Å²) in [5.74, 6) is -0.0589. The van der Waals surface area contributed by atoms with Crippen LogP contribution in [0.4, 0.5) is 0 Å². The highest BCUT2D eigenvalue weighted by Crippen LogP contribution is 2.32. The van der Waals surface area contributed by atoms with Crippen LogP contribution in [-0.4, -0.2) is 47.9 Å². The molecule has 0 bridgehead atoms. The van der Waals surface area contributed by atoms with Gasteiger partial charge in [0.2, 0.25) is 5.91 Å². The highest BCUT2D eigenvalue weighted by Gasteiger charge is 2.38. The normalized spacial score (nSPS) is 17.9. The first-order valence-electron chi connectivity index (χ1n) is 7.71. The van der Waals surface area contributed by atoms with Gasteiger partial charge in [0.1, 0.15) is 11.9 Å². The van der Waals surface area contributed by atoms with Gasteiger partial charge in [-0.3, -0.25) is 4.79 Å². The molecule has 2 aromatic rings. The summed E-state index contributed by atoms with van der Waals surface area (Å²) in [7, 11) is 0. The van der Waals surface area contributed by atoms with Crippen molar-refractivity contribution in [3.05, 3.63) is 40.9 Å². The van der Waals surface area contributed by atoms with Gasteiger partial charge in [0.05, 0.1) is 23.4 Å². The molecule has 2 atom stereocenters. The number of aliphatic carboxylic acids is 1. The topological polar surface area (TPSA) is 88.3 Å². The van der Waals surface area contributed by atoms with Crippen molar-refractivity contribution < 1.29 is 14.7 Å². The van der Waals surface area contributed by atoms with E-state index in [1.54, 1.807) is 24.5 Å². The van der Waals surface area contributed by atoms with Gasteiger partial charge in [-0.2, -0.15) is 0 Å². The average molecular weight is 381 g/mol. The van der Waals surface area contributed by atoms with Gasteiger partial charge in [-0.1, -0.05) is 23.7 Å². The number of carboxylic acid groups (broad SMARTS) is 1. The number of benzene rings is 1. The molecule has 1 aliphatic heterocycles. The largest absolute Gasteiger partial charge is 0.480 e. The molecule has 1 amide bonds. The van der Waals surface area contributed by atoms with Crippen molar-refractivity contribution in [1.82, 2.24) is 19.7 Å². The zero-order valence-corrected chi connectivity index (χ0v) is 15.3. The number of amides is 1. The second-order valence-corrected chi connectivity index (χ2v) is 7.57. The molecule has 0 radical (unpaired) electrons. The molecular weight excluding hydrogens is 364 g/mol. The number of nitrogens with zero attached hydrogens (tertiary/aromatic N) is 4. The first kappa shape index (κ1) is 17.8. The number of carbonyl (C=O) groups is 2. The average Bonchev–Trinajstić information content (AvgIpc) is 2.95. The number of carbonyl (C=O) groups excluding carboxylic acids is 1. The van der Waals surface area contributed by atoms with Crippen molar-refractivity contribution >= 4 is 35.2 Å². The van der Waals surface area contributed by atoms with Gasteiger partial charge >= 0.3 is 5.97 Å². The van der Waals surface area contributed by atoms with E-state index in [1.807, 2.05) is 18.2 Å². The molecule has 1 aromatic heterocycles. The van der Waals surface area contributed by atoms with E-state index in [0.29, 0.717) is 16.7 Å². The summed E-state index contributed by atoms with van der Waals surface area (Å²) in [5, 5.41) is 17.6. The molecule has 3 rings (SSSR count). The van der Waals surface area contributed by atoms with Crippen molar-refractivity contribution in [3.8, 4) is 0 Å². The Morgan fingerprint density at radius 3 is 2.76 bits per heavy atom. The van der Waals surface area contributed by atoms with Gasteiger partial charge in [0.15, 0.2) is 5.82 Å². The van der Waals surface area contributed by atoms with E-state index in [-0.39, 0.29) is 19.0 Å². The van der Waals surface area contributed by atoms with E-state index in [9.17, 15) is 14.7 Å². The minimum absolute atomic E-state index is 0.129. The lowest BCUT2D eigenvalue weighted by Crippen LogP contribution is -2.52. The number of rotatable bonds is 4. The molecule has 2 heterocycles. The fraction of sp³-hybridized carbons (Fsp3) is 0.375. The second-order valence-electron chi connectivity index (χ2n) is 5.78. The Labute approximate surface area is 154 Å². The fourth-order valence-corrected chi connectivity index (χ4v) is 4.00. The van der Waals surface area contributed by atoms with Crippen molar-refractivity contribution in [2.45, 2.75) is 43.1 Å². The van der Waals surface area contributed by atoms with Crippen molar-refractivity contribution in [2.75, 3.05) is 0 Å². The van der Waals surface area contributed by atoms with Gasteiger partial charge in [0, 0.05) is 4.90 Å². The predicted octanol–water partition coefficient (Wildman–Crippen LogP) is 2.22. The van der Waals surface area contributed by atoms with Crippen LogP contribution < -0.4 is 0 Å². The summed E-state index contributed by atoms with van der Waals surface area (Å²) in [6, 6.07) is 6.31. The lowest BCUT2D eigenvalue weighted by Gasteiger charge is -2.35. The standard InChI is InChI=1S/C16H17ClN4O3S/c1-9(25-13-6-4-3-5-11(13)17)15(22)21-8-14-19-18-10(2)20(14)7-12(21)16(23)24/h3-6,9,12H,7-8H2,1-2H3,(H,23,24). The molecule has 132 valence electrons. The highest BCUT2D eigenvalue weighted by molar-refractivity contribution is 8.00. The van der Waals surface area contributed by atoms with Crippen LogP contribution in [0.25, 0.3) is 0 Å². The molecule has 2 unspecified atom stereocenters. The summed E-state index contributed by atoms with van der Waals surface area (Å²) in [6.45, 7) is 3.80. The number of thioether (sulfide) groups is 1. The maximum atomic E-state index is 12.9. The number of fused-ring (bicyclic) bond motifs is 1. The first-order chi connectivity index (χ1) is 11.9. The smallest absolute Gasteiger partial charge is 0.328 e. The molecule has 0 spiro atoms. The third kappa shape index (κ3) is 3.50. The molecule has 1 aromatic carbocycles. The van der Waals surface area contributed by atoms with Crippen LogP contribution in [0.5, 0.6) is 0 Å². The molecule has 1 N–H and O–H groups in total. The van der Waals surface area contributed by atoms with Crippen LogP contribution in [0.1, 0.15) is 18.6 Å². The molecule has 0 saturated heterocycles. The van der Waals surface area contributed by atoms with Gasteiger partial charge in [-0.25, -0.2) is 4.79 Å². The molecule has 1 aliphatic rings. The number of aromatic nitrogens is 3. The lowest BCUT2D eigenvalue weighted by atomic mass is 10.1. The third-order valence-corrected chi connectivity index (χ3v) is 5.72. The Kier molecular flexibility index (Phi) is 5.01. The zero-order valence-electron chi connectivity index (χ0n) is 13.7. The second kappa shape index (κ2) is 7.05. The summed E-state index contributed by atoms with van der Waals surface area (Å²) in [5.41, 5.74) is 0. The van der Waals surface area contributed by atoms with E-state index < -0.39 is 17.3 Å². The maximum absolute atomic E-state index is 12.9. The number of carboxylic acids is 1. The molecule has 25 heavy (non-hydrogen) atoms. The van der Waals surface area contributed by atoms with Crippen LogP contribution in [0.3, 0.4) is 0 Å². The van der Waals surface area contributed by atoms with E-state index in [4.69, 9.17) is 11.6 Å². The van der Waals surface area contributed by atoms with Gasteiger partial charge in [-0.05, 0) is 26.0 Å². The minimum Gasteiger partial charge on any atom is -0.480 e. The van der Waals surface area contributed by atoms with Crippen molar-refractivity contribution in [2.24, 2.45) is 0 Å². The molecule has 0 aliphatic carbocycles. The van der Waals surface area contributed by atoms with Gasteiger partial charge in [-0.15, -0.1) is 22.0 Å². The number of halogens is 1. The van der Waals surface area contributed by atoms with Crippen molar-refractivity contribution in [1.29, 1.82) is 0 Å². The first-order valence-corrected chi connectivity index (χ1v) is 8.97. The summed E-state index contributed by atoms with van der Waals surface area (Å²) >= 11 is 7.46. The molecule has 7 nitrogen and oxygen atoms in total. The van der Waals surface area contributed by atoms with Crippen molar-refractivity contribution in [3.63, 3.8) is 0 Å². The Bertz CT molecular complexity index is 825. The monoisotopic (exact) mass is 380 g/mol. The van der Waals surface area contributed by atoms with Crippen LogP contribution in [0.15, 0.2) is 29.2 Å². The summed E-state index contributed by atoms with van der Waals surface area (Å²) in [4.78, 5) is 26.7. The molecule has 0 saturated carbocycles. The minimum atomic E-state index is -1.04. The highest BCUT2D eigenvalue weighted by atomic mass is 35.5. The molecule has 9 heteroatoms. The Morgan fingerprint density at radius 2 is 2.08 bits per heavy atom. The quantitative estimate of drug-likeness (QED) is 0.818. The van der Waals surface area contributed by atoms with Gasteiger partial charge in [0.25, 0.3) is 0 Å². The number of aryl methyl sites for hydroxylation is 1. The van der Waals surface area contributed by atoms with Gasteiger partial charge < -0.3 is 14.6 Å². The van der Waals surface area contributed by atoms with E-state index in [2.05, 4.69) is 10.2 Å². The van der Waals surface area contributed by atoms with E-state index >= 15 is 0 Å². The zero-order chi connectivity index (χ0) is 18.1. The molecule has 0 fully saturated rings. The molecular formula is C16H17ClN4O3S. The fourth-order valence-electron chi connectivity index (χ4n) is 2.77. The Hall–Kier alpha value is -2.06. The summed E-state index contributed by atoms with van der Waals surface area (Å²) < 4.78 is 1.74. The SMILES string of the molecule is Cc1nnc2n1CC(C(=O)O)N(C(=O)C(C)Sc1ccccc1Cl)C2. The van der Waals surface area contributed by atoms with E-state index in [1.165, 1.54) is 16.7 Å². The van der Waals surface area contributed by atoms with E-state index in [0.717, 1.165) is 4.90 Å². The maximum Gasteiger partial charge on any atom is 0.328 e. The Morgan fingerprint density at radius 1 is 1.36 bits per heavy atom. The van der Waals surface area contributed by atoms with Crippen LogP contribution >= 0.6 is 23.4 Å². The van der Waals surface area contributed by atoms with Crippen LogP contribution in [-0.2, 0) is 22.7 Å². The number of hydrogen-bond donors (Lipinski definition) is 1.